The first-order chi connectivity index (χ1) is 12.7. The lowest BCUT2D eigenvalue weighted by Gasteiger charge is -2.13. The van der Waals surface area contributed by atoms with E-state index in [1.165, 1.54) is 25.3 Å². The first-order valence-corrected chi connectivity index (χ1v) is 8.23. The number of nitrogens with zero attached hydrogens (tertiary/aromatic N) is 1. The fourth-order valence-corrected chi connectivity index (χ4v) is 2.19. The number of ether oxygens (including phenoxy) is 1. The van der Waals surface area contributed by atoms with Gasteiger partial charge in [-0.05, 0) is 31.2 Å². The topological polar surface area (TPSA) is 68.3 Å². The van der Waals surface area contributed by atoms with Gasteiger partial charge in [-0.15, -0.1) is 0 Å². The number of carbonyl (C=O) groups is 2. The number of Topliss-reactive ketones (excluding diaryl/α,β-unsaturated/α-hetero) is 1. The van der Waals surface area contributed by atoms with Gasteiger partial charge in [0.05, 0.1) is 5.56 Å². The third-order valence-electron chi connectivity index (χ3n) is 3.89. The van der Waals surface area contributed by atoms with Crippen LogP contribution in [0.2, 0.25) is 0 Å². The summed E-state index contributed by atoms with van der Waals surface area (Å²) < 4.78 is 43.9. The summed E-state index contributed by atoms with van der Waals surface area (Å²) >= 11 is 0. The summed E-state index contributed by atoms with van der Waals surface area (Å²) in [5.74, 6) is -0.704. The van der Waals surface area contributed by atoms with Gasteiger partial charge in [-0.2, -0.15) is 13.2 Å². The summed E-state index contributed by atoms with van der Waals surface area (Å²) in [6.45, 7) is 3.15. The molecule has 1 N–H and O–H groups in total. The van der Waals surface area contributed by atoms with Crippen molar-refractivity contribution < 1.29 is 27.5 Å². The number of benzene rings is 1. The van der Waals surface area contributed by atoms with Gasteiger partial charge >= 0.3 is 6.18 Å². The van der Waals surface area contributed by atoms with E-state index >= 15 is 0 Å². The molecular formula is C19H19F3N2O3. The van der Waals surface area contributed by atoms with Crippen molar-refractivity contribution in [3.05, 3.63) is 53.7 Å². The maximum atomic E-state index is 12.8. The van der Waals surface area contributed by atoms with Crippen LogP contribution < -0.4 is 10.1 Å². The second kappa shape index (κ2) is 8.66. The van der Waals surface area contributed by atoms with Gasteiger partial charge in [0.2, 0.25) is 11.8 Å². The molecule has 8 heteroatoms. The number of hydrogen-bond acceptors (Lipinski definition) is 4. The van der Waals surface area contributed by atoms with Crippen LogP contribution in [0.4, 0.5) is 13.2 Å². The van der Waals surface area contributed by atoms with Gasteiger partial charge in [-0.25, -0.2) is 4.98 Å². The van der Waals surface area contributed by atoms with E-state index in [1.54, 1.807) is 19.1 Å². The van der Waals surface area contributed by atoms with Crippen LogP contribution in [0, 0.1) is 5.92 Å². The van der Waals surface area contributed by atoms with Crippen molar-refractivity contribution in [3.63, 3.8) is 0 Å². The molecule has 0 spiro atoms. The van der Waals surface area contributed by atoms with Crippen molar-refractivity contribution in [1.82, 2.24) is 10.3 Å². The number of amides is 1. The van der Waals surface area contributed by atoms with Crippen molar-refractivity contribution in [2.24, 2.45) is 5.92 Å². The van der Waals surface area contributed by atoms with Gasteiger partial charge in [-0.1, -0.05) is 19.1 Å². The Bertz CT molecular complexity index is 822. The minimum Gasteiger partial charge on any atom is -0.439 e. The van der Waals surface area contributed by atoms with Crippen LogP contribution in [0.15, 0.2) is 42.6 Å². The Kier molecular flexibility index (Phi) is 6.55. The van der Waals surface area contributed by atoms with Crippen molar-refractivity contribution >= 4 is 11.7 Å². The molecule has 0 radical (unpaired) electrons. The summed E-state index contributed by atoms with van der Waals surface area (Å²) in [6, 6.07) is 7.73. The van der Waals surface area contributed by atoms with Crippen LogP contribution in [0.3, 0.4) is 0 Å². The number of nitrogens with one attached hydrogen (secondary N) is 1. The fourth-order valence-electron chi connectivity index (χ4n) is 2.19. The van der Waals surface area contributed by atoms with E-state index in [-0.39, 0.29) is 42.2 Å². The van der Waals surface area contributed by atoms with E-state index in [1.807, 2.05) is 0 Å². The van der Waals surface area contributed by atoms with E-state index in [0.717, 1.165) is 12.1 Å². The summed E-state index contributed by atoms with van der Waals surface area (Å²) in [7, 11) is 0. The minimum atomic E-state index is -4.48. The van der Waals surface area contributed by atoms with Crippen LogP contribution in [-0.4, -0.2) is 16.7 Å². The summed E-state index contributed by atoms with van der Waals surface area (Å²) in [4.78, 5) is 27.1. The largest absolute Gasteiger partial charge is 0.439 e. The third kappa shape index (κ3) is 6.09. The molecular weight excluding hydrogens is 361 g/mol. The zero-order valence-electron chi connectivity index (χ0n) is 14.8. The molecule has 0 fully saturated rings. The van der Waals surface area contributed by atoms with E-state index < -0.39 is 11.7 Å². The average Bonchev–Trinajstić information content (AvgIpc) is 2.60. The molecule has 144 valence electrons. The van der Waals surface area contributed by atoms with Crippen molar-refractivity contribution in [2.75, 3.05) is 0 Å². The molecule has 0 unspecified atom stereocenters. The van der Waals surface area contributed by atoms with Crippen molar-refractivity contribution in [3.8, 4) is 11.6 Å². The number of aromatic nitrogens is 1. The first-order valence-electron chi connectivity index (χ1n) is 8.23. The predicted molar refractivity (Wildman–Crippen MR) is 92.1 cm³/mol. The first kappa shape index (κ1) is 20.4. The number of hydrogen-bond donors (Lipinski definition) is 1. The highest BCUT2D eigenvalue weighted by Gasteiger charge is 2.30. The Hall–Kier alpha value is -2.90. The molecule has 0 aliphatic heterocycles. The molecule has 5 nitrogen and oxygen atoms in total. The Morgan fingerprint density at radius 3 is 2.63 bits per heavy atom. The van der Waals surface area contributed by atoms with Crippen molar-refractivity contribution in [2.45, 2.75) is 33.0 Å². The molecule has 1 aromatic carbocycles. The zero-order chi connectivity index (χ0) is 20.0. The van der Waals surface area contributed by atoms with Crippen LogP contribution in [-0.2, 0) is 22.3 Å². The molecule has 0 saturated carbocycles. The lowest BCUT2D eigenvalue weighted by atomic mass is 10.0. The van der Waals surface area contributed by atoms with Gasteiger partial charge in [-0.3, -0.25) is 9.59 Å². The van der Waals surface area contributed by atoms with Gasteiger partial charge < -0.3 is 10.1 Å². The Balaban J connectivity index is 2.08. The normalized spacial score (nSPS) is 12.3. The Labute approximate surface area is 154 Å². The van der Waals surface area contributed by atoms with E-state index in [0.29, 0.717) is 5.56 Å². The number of pyridine rings is 1. The monoisotopic (exact) mass is 380 g/mol. The van der Waals surface area contributed by atoms with E-state index in [9.17, 15) is 22.8 Å². The molecule has 0 saturated heterocycles. The molecule has 0 aliphatic rings. The molecule has 2 rings (SSSR count). The maximum Gasteiger partial charge on any atom is 0.416 e. The molecule has 0 aliphatic carbocycles. The number of carbonyl (C=O) groups excluding carboxylic acids is 2. The van der Waals surface area contributed by atoms with Crippen LogP contribution >= 0.6 is 0 Å². The van der Waals surface area contributed by atoms with E-state index in [2.05, 4.69) is 10.3 Å². The quantitative estimate of drug-likeness (QED) is 0.784. The smallest absolute Gasteiger partial charge is 0.416 e. The second-order valence-corrected chi connectivity index (χ2v) is 6.09. The highest BCUT2D eigenvalue weighted by molar-refractivity contribution is 5.85. The van der Waals surface area contributed by atoms with Gasteiger partial charge in [0.15, 0.2) is 0 Å². The number of rotatable bonds is 7. The number of halogens is 3. The molecule has 1 aromatic heterocycles. The van der Waals surface area contributed by atoms with E-state index in [4.69, 9.17) is 4.74 Å². The Morgan fingerprint density at radius 1 is 1.22 bits per heavy atom. The van der Waals surface area contributed by atoms with Crippen LogP contribution in [0.5, 0.6) is 11.6 Å². The second-order valence-electron chi connectivity index (χ2n) is 6.09. The highest BCUT2D eigenvalue weighted by atomic mass is 19.4. The fraction of sp³-hybridized carbons (Fsp3) is 0.316. The van der Waals surface area contributed by atoms with Gasteiger partial charge in [0.1, 0.15) is 11.5 Å². The lowest BCUT2D eigenvalue weighted by Crippen LogP contribution is -2.26. The Morgan fingerprint density at radius 2 is 1.96 bits per heavy atom. The molecule has 1 amide bonds. The minimum absolute atomic E-state index is 0.0127. The number of ketones is 1. The standard InChI is InChI=1S/C19H19F3N2O3/c1-12(13(2)25)9-17(26)24-11-14-5-4-8-23-18(14)27-16-7-3-6-15(10-16)19(20,21)22/h3-8,10,12H,9,11H2,1-2H3,(H,24,26)/t12-/m0/s1. The molecule has 1 heterocycles. The average molecular weight is 380 g/mol. The third-order valence-corrected chi connectivity index (χ3v) is 3.89. The zero-order valence-corrected chi connectivity index (χ0v) is 14.8. The maximum absolute atomic E-state index is 12.8. The number of alkyl halides is 3. The highest BCUT2D eigenvalue weighted by Crippen LogP contribution is 2.32. The van der Waals surface area contributed by atoms with Crippen LogP contribution in [0.25, 0.3) is 0 Å². The molecule has 2 aromatic rings. The predicted octanol–water partition coefficient (Wildman–Crippen LogP) is 4.12. The summed E-state index contributed by atoms with van der Waals surface area (Å²) in [5, 5.41) is 2.66. The SMILES string of the molecule is CC(=O)[C@@H](C)CC(=O)NCc1cccnc1Oc1cccc(C(F)(F)F)c1. The van der Waals surface area contributed by atoms with Crippen molar-refractivity contribution in [1.29, 1.82) is 0 Å². The molecule has 0 bridgehead atoms. The van der Waals surface area contributed by atoms with Gasteiger partial charge in [0, 0.05) is 30.6 Å². The van der Waals surface area contributed by atoms with Gasteiger partial charge in [0.25, 0.3) is 0 Å². The molecule has 27 heavy (non-hydrogen) atoms. The lowest BCUT2D eigenvalue weighted by molar-refractivity contribution is -0.137. The molecule has 1 atom stereocenters. The summed E-state index contributed by atoms with van der Waals surface area (Å²) in [6.07, 6.45) is -2.99. The summed E-state index contributed by atoms with van der Waals surface area (Å²) in [5.41, 5.74) is -0.331. The van der Waals surface area contributed by atoms with Crippen LogP contribution in [0.1, 0.15) is 31.4 Å².